The number of carbonyl (C=O) groups is 2. The number of aryl methyl sites for hydroxylation is 1. The normalized spacial score (nSPS) is 14.9. The fraction of sp³-hybridized carbons (Fsp3) is 0.409. The Morgan fingerprint density at radius 2 is 1.90 bits per heavy atom. The van der Waals surface area contributed by atoms with E-state index in [1.807, 2.05) is 36.1 Å². The Kier molecular flexibility index (Phi) is 7.20. The van der Waals surface area contributed by atoms with Gasteiger partial charge in [-0.2, -0.15) is 0 Å². The SMILES string of the molecule is CCOC(=O)c1c(C)[nH]c(C(=O)CN2CCSC2=Nc2ccc(OCC)cc2)c1C. The van der Waals surface area contributed by atoms with E-state index in [0.717, 1.165) is 28.9 Å². The molecule has 1 N–H and O–H groups in total. The van der Waals surface area contributed by atoms with Crippen molar-refractivity contribution in [1.29, 1.82) is 0 Å². The zero-order valence-electron chi connectivity index (χ0n) is 17.8. The van der Waals surface area contributed by atoms with Crippen molar-refractivity contribution in [3.63, 3.8) is 0 Å². The summed E-state index contributed by atoms with van der Waals surface area (Å²) in [5, 5.41) is 0.819. The number of carbonyl (C=O) groups excluding carboxylic acids is 2. The standard InChI is InChI=1S/C22H27N3O4S/c1-5-28-17-9-7-16(8-10-17)24-22-25(11-12-30-22)13-18(26)20-14(3)19(15(4)23-20)21(27)29-6-2/h7-10,23H,5-6,11-13H2,1-4H3. The van der Waals surface area contributed by atoms with Gasteiger partial charge in [-0.25, -0.2) is 9.79 Å². The molecule has 0 saturated carbocycles. The van der Waals surface area contributed by atoms with Gasteiger partial charge in [0, 0.05) is 18.0 Å². The molecule has 1 aliphatic heterocycles. The van der Waals surface area contributed by atoms with Crippen molar-refractivity contribution in [2.75, 3.05) is 32.1 Å². The summed E-state index contributed by atoms with van der Waals surface area (Å²) in [4.78, 5) is 34.9. The smallest absolute Gasteiger partial charge is 0.340 e. The van der Waals surface area contributed by atoms with Gasteiger partial charge in [-0.15, -0.1) is 0 Å². The van der Waals surface area contributed by atoms with Crippen LogP contribution in [0.25, 0.3) is 0 Å². The molecule has 2 heterocycles. The molecule has 3 rings (SSSR count). The Balaban J connectivity index is 1.74. The van der Waals surface area contributed by atoms with Gasteiger partial charge in [0.05, 0.1) is 36.7 Å². The Morgan fingerprint density at radius 1 is 1.17 bits per heavy atom. The predicted molar refractivity (Wildman–Crippen MR) is 119 cm³/mol. The average molecular weight is 430 g/mol. The van der Waals surface area contributed by atoms with E-state index in [0.29, 0.717) is 35.7 Å². The minimum absolute atomic E-state index is 0.0759. The summed E-state index contributed by atoms with van der Waals surface area (Å²) < 4.78 is 10.6. The highest BCUT2D eigenvalue weighted by molar-refractivity contribution is 8.14. The van der Waals surface area contributed by atoms with Crippen LogP contribution in [0.3, 0.4) is 0 Å². The van der Waals surface area contributed by atoms with E-state index >= 15 is 0 Å². The average Bonchev–Trinajstić information content (AvgIpc) is 3.27. The lowest BCUT2D eigenvalue weighted by atomic mass is 10.1. The molecular weight excluding hydrogens is 402 g/mol. The zero-order chi connectivity index (χ0) is 21.7. The second-order valence-corrected chi connectivity index (χ2v) is 7.92. The Bertz CT molecular complexity index is 950. The van der Waals surface area contributed by atoms with Gasteiger partial charge in [0.2, 0.25) is 0 Å². The maximum Gasteiger partial charge on any atom is 0.340 e. The molecule has 1 saturated heterocycles. The monoisotopic (exact) mass is 429 g/mol. The van der Waals surface area contributed by atoms with E-state index in [-0.39, 0.29) is 12.3 Å². The summed E-state index contributed by atoms with van der Waals surface area (Å²) in [6.45, 7) is 9.12. The maximum atomic E-state index is 13.0. The number of amidine groups is 1. The lowest BCUT2D eigenvalue weighted by Gasteiger charge is -2.17. The van der Waals surface area contributed by atoms with Gasteiger partial charge in [0.1, 0.15) is 5.75 Å². The first kappa shape index (κ1) is 22.0. The van der Waals surface area contributed by atoms with Gasteiger partial charge < -0.3 is 19.4 Å². The maximum absolute atomic E-state index is 13.0. The predicted octanol–water partition coefficient (Wildman–Crippen LogP) is 4.13. The molecule has 160 valence electrons. The number of thioether (sulfide) groups is 1. The molecule has 1 aliphatic rings. The molecule has 8 heteroatoms. The summed E-state index contributed by atoms with van der Waals surface area (Å²) in [6, 6.07) is 7.59. The highest BCUT2D eigenvalue weighted by Gasteiger charge is 2.27. The quantitative estimate of drug-likeness (QED) is 0.502. The minimum atomic E-state index is -0.405. The van der Waals surface area contributed by atoms with Crippen LogP contribution in [0.15, 0.2) is 29.3 Å². The molecule has 0 spiro atoms. The lowest BCUT2D eigenvalue weighted by molar-refractivity contribution is 0.0525. The second-order valence-electron chi connectivity index (χ2n) is 6.86. The summed E-state index contributed by atoms with van der Waals surface area (Å²) in [5.74, 6) is 1.20. The third-order valence-corrected chi connectivity index (χ3v) is 5.76. The fourth-order valence-electron chi connectivity index (χ4n) is 3.37. The van der Waals surface area contributed by atoms with Crippen molar-refractivity contribution in [3.05, 3.63) is 46.8 Å². The number of ketones is 1. The van der Waals surface area contributed by atoms with Gasteiger partial charge in [0.25, 0.3) is 0 Å². The molecular formula is C22H27N3O4S. The molecule has 7 nitrogen and oxygen atoms in total. The minimum Gasteiger partial charge on any atom is -0.494 e. The molecule has 0 atom stereocenters. The van der Waals surface area contributed by atoms with Crippen molar-refractivity contribution in [2.45, 2.75) is 27.7 Å². The zero-order valence-corrected chi connectivity index (χ0v) is 18.6. The highest BCUT2D eigenvalue weighted by Crippen LogP contribution is 2.26. The molecule has 0 aliphatic carbocycles. The molecule has 1 aromatic heterocycles. The van der Waals surface area contributed by atoms with Crippen LogP contribution in [0.4, 0.5) is 5.69 Å². The van der Waals surface area contributed by atoms with E-state index in [2.05, 4.69) is 4.98 Å². The number of esters is 1. The molecule has 0 radical (unpaired) electrons. The first-order valence-corrected chi connectivity index (χ1v) is 11.0. The van der Waals surface area contributed by atoms with E-state index in [1.165, 1.54) is 0 Å². The number of hydrogen-bond acceptors (Lipinski definition) is 6. The second kappa shape index (κ2) is 9.84. The molecule has 0 unspecified atom stereocenters. The van der Waals surface area contributed by atoms with E-state index in [1.54, 1.807) is 32.5 Å². The first-order valence-electron chi connectivity index (χ1n) is 10.0. The molecule has 30 heavy (non-hydrogen) atoms. The van der Waals surface area contributed by atoms with Gasteiger partial charge >= 0.3 is 5.97 Å². The van der Waals surface area contributed by atoms with Crippen LogP contribution in [0, 0.1) is 13.8 Å². The number of nitrogens with zero attached hydrogens (tertiary/aromatic N) is 2. The van der Waals surface area contributed by atoms with E-state index < -0.39 is 5.97 Å². The number of aliphatic imine (C=N–C) groups is 1. The fourth-order valence-corrected chi connectivity index (χ4v) is 4.37. The summed E-state index contributed by atoms with van der Waals surface area (Å²) in [6.07, 6.45) is 0. The number of rotatable bonds is 8. The van der Waals surface area contributed by atoms with Crippen LogP contribution >= 0.6 is 11.8 Å². The third kappa shape index (κ3) is 4.87. The van der Waals surface area contributed by atoms with Crippen molar-refractivity contribution in [1.82, 2.24) is 9.88 Å². The van der Waals surface area contributed by atoms with Gasteiger partial charge in [0.15, 0.2) is 11.0 Å². The summed E-state index contributed by atoms with van der Waals surface area (Å²) in [5.41, 5.74) is 2.99. The Hall–Kier alpha value is -2.74. The summed E-state index contributed by atoms with van der Waals surface area (Å²) >= 11 is 1.63. The van der Waals surface area contributed by atoms with Crippen molar-refractivity contribution < 1.29 is 19.1 Å². The van der Waals surface area contributed by atoms with E-state index in [4.69, 9.17) is 14.5 Å². The number of nitrogens with one attached hydrogen (secondary N) is 1. The molecule has 0 bridgehead atoms. The summed E-state index contributed by atoms with van der Waals surface area (Å²) in [7, 11) is 0. The number of Topliss-reactive ketones (excluding diaryl/α,β-unsaturated/α-hetero) is 1. The van der Waals surface area contributed by atoms with Crippen LogP contribution in [0.1, 0.15) is 46.0 Å². The Labute approximate surface area is 180 Å². The van der Waals surface area contributed by atoms with E-state index in [9.17, 15) is 9.59 Å². The molecule has 0 amide bonds. The topological polar surface area (TPSA) is 84.0 Å². The Morgan fingerprint density at radius 3 is 2.57 bits per heavy atom. The van der Waals surface area contributed by atoms with Gasteiger partial charge in [-0.1, -0.05) is 11.8 Å². The lowest BCUT2D eigenvalue weighted by Crippen LogP contribution is -2.31. The van der Waals surface area contributed by atoms with Gasteiger partial charge in [-0.3, -0.25) is 4.79 Å². The number of benzene rings is 1. The number of H-pyrrole nitrogens is 1. The largest absolute Gasteiger partial charge is 0.494 e. The van der Waals surface area contributed by atoms with Crippen molar-refractivity contribution in [2.24, 2.45) is 4.99 Å². The number of aromatic nitrogens is 1. The van der Waals surface area contributed by atoms with Gasteiger partial charge in [-0.05, 0) is 57.5 Å². The first-order chi connectivity index (χ1) is 14.4. The van der Waals surface area contributed by atoms with Crippen LogP contribution in [0.5, 0.6) is 5.75 Å². The van der Waals surface area contributed by atoms with Crippen LogP contribution in [-0.4, -0.2) is 58.9 Å². The number of aromatic amines is 1. The third-order valence-electron chi connectivity index (χ3n) is 4.77. The van der Waals surface area contributed by atoms with Crippen LogP contribution < -0.4 is 4.74 Å². The number of hydrogen-bond donors (Lipinski definition) is 1. The molecule has 1 aromatic carbocycles. The van der Waals surface area contributed by atoms with Crippen molar-refractivity contribution >= 4 is 34.4 Å². The highest BCUT2D eigenvalue weighted by atomic mass is 32.2. The van der Waals surface area contributed by atoms with Crippen LogP contribution in [0.2, 0.25) is 0 Å². The number of ether oxygens (including phenoxy) is 2. The van der Waals surface area contributed by atoms with Crippen molar-refractivity contribution in [3.8, 4) is 5.75 Å². The molecule has 1 fully saturated rings. The van der Waals surface area contributed by atoms with Crippen LogP contribution in [-0.2, 0) is 4.74 Å². The molecule has 2 aromatic rings.